The van der Waals surface area contributed by atoms with Crippen molar-refractivity contribution in [2.24, 2.45) is 0 Å². The molecule has 1 N–H and O–H groups in total. The predicted octanol–water partition coefficient (Wildman–Crippen LogP) is 5.05. The summed E-state index contributed by atoms with van der Waals surface area (Å²) < 4.78 is 10.6. The minimum atomic E-state index is -0.784. The summed E-state index contributed by atoms with van der Waals surface area (Å²) in [5.41, 5.74) is 0.787. The Bertz CT molecular complexity index is 1170. The van der Waals surface area contributed by atoms with Gasteiger partial charge in [-0.1, -0.05) is 17.7 Å². The zero-order valence-electron chi connectivity index (χ0n) is 16.7. The minimum Gasteiger partial charge on any atom is -0.507 e. The van der Waals surface area contributed by atoms with Crippen LogP contribution in [0.1, 0.15) is 16.5 Å². The first-order valence-electron chi connectivity index (χ1n) is 9.28. The molecule has 1 fully saturated rings. The lowest BCUT2D eigenvalue weighted by Crippen LogP contribution is -2.29. The Morgan fingerprint density at radius 3 is 2.42 bits per heavy atom. The van der Waals surface area contributed by atoms with Crippen LogP contribution in [0, 0.1) is 0 Å². The Morgan fingerprint density at radius 1 is 1.06 bits per heavy atom. The lowest BCUT2D eigenvalue weighted by atomic mass is 9.99. The third kappa shape index (κ3) is 3.66. The number of hydrogen-bond acceptors (Lipinski definition) is 6. The lowest BCUT2D eigenvalue weighted by Gasteiger charge is -2.24. The maximum Gasteiger partial charge on any atom is 0.300 e. The van der Waals surface area contributed by atoms with Crippen molar-refractivity contribution < 1.29 is 24.2 Å². The molecule has 0 spiro atoms. The van der Waals surface area contributed by atoms with Crippen molar-refractivity contribution in [1.29, 1.82) is 0 Å². The number of rotatable bonds is 5. The largest absolute Gasteiger partial charge is 0.507 e. The van der Waals surface area contributed by atoms with Crippen LogP contribution in [0.15, 0.2) is 65.6 Å². The van der Waals surface area contributed by atoms with E-state index in [2.05, 4.69) is 0 Å². The van der Waals surface area contributed by atoms with E-state index in [0.29, 0.717) is 27.8 Å². The van der Waals surface area contributed by atoms with E-state index in [1.165, 1.54) is 30.5 Å². The van der Waals surface area contributed by atoms with Crippen LogP contribution < -0.4 is 14.4 Å². The summed E-state index contributed by atoms with van der Waals surface area (Å²) in [5.74, 6) is -0.963. The highest BCUT2D eigenvalue weighted by Gasteiger charge is 2.47. The second kappa shape index (κ2) is 8.45. The SMILES string of the molecule is COc1ccc(/C(O)=C2/C(=O)C(=O)N(c3ccc(Cl)cc3)C2c2cccs2)c(OC)c1. The van der Waals surface area contributed by atoms with Gasteiger partial charge in [0.15, 0.2) is 0 Å². The van der Waals surface area contributed by atoms with Crippen LogP contribution in [0.4, 0.5) is 5.69 Å². The summed E-state index contributed by atoms with van der Waals surface area (Å²) >= 11 is 7.38. The number of halogens is 1. The fraction of sp³-hybridized carbons (Fsp3) is 0.130. The molecule has 31 heavy (non-hydrogen) atoms. The van der Waals surface area contributed by atoms with Crippen LogP contribution in [0.25, 0.3) is 5.76 Å². The normalized spacial score (nSPS) is 17.8. The molecule has 8 heteroatoms. The van der Waals surface area contributed by atoms with E-state index in [-0.39, 0.29) is 11.3 Å². The number of hydrogen-bond donors (Lipinski definition) is 1. The highest BCUT2D eigenvalue weighted by atomic mass is 35.5. The number of ether oxygens (including phenoxy) is 2. The van der Waals surface area contributed by atoms with Gasteiger partial charge in [-0.2, -0.15) is 0 Å². The first-order valence-corrected chi connectivity index (χ1v) is 10.5. The smallest absolute Gasteiger partial charge is 0.300 e. The first-order chi connectivity index (χ1) is 15.0. The van der Waals surface area contributed by atoms with E-state index in [1.807, 2.05) is 17.5 Å². The number of methoxy groups -OCH3 is 2. The first kappa shape index (κ1) is 21.0. The molecule has 1 unspecified atom stereocenters. The molecule has 1 aliphatic rings. The number of carbonyl (C=O) groups excluding carboxylic acids is 2. The Labute approximate surface area is 187 Å². The third-order valence-electron chi connectivity index (χ3n) is 5.03. The van der Waals surface area contributed by atoms with Crippen LogP contribution in [-0.4, -0.2) is 31.0 Å². The molecule has 1 aliphatic heterocycles. The molecule has 0 radical (unpaired) electrons. The van der Waals surface area contributed by atoms with Crippen LogP contribution in [0.2, 0.25) is 5.02 Å². The van der Waals surface area contributed by atoms with Crippen molar-refractivity contribution in [2.75, 3.05) is 19.1 Å². The number of benzene rings is 2. The van der Waals surface area contributed by atoms with Crippen LogP contribution in [0.5, 0.6) is 11.5 Å². The number of aliphatic hydroxyl groups excluding tert-OH is 1. The number of nitrogens with zero attached hydrogens (tertiary/aromatic N) is 1. The molecule has 1 saturated heterocycles. The number of aliphatic hydroxyl groups is 1. The average molecular weight is 456 g/mol. The molecule has 0 aliphatic carbocycles. The molecule has 2 heterocycles. The van der Waals surface area contributed by atoms with Gasteiger partial charge in [-0.25, -0.2) is 0 Å². The Balaban J connectivity index is 1.93. The molecule has 1 aromatic heterocycles. The number of carbonyl (C=O) groups is 2. The zero-order chi connectivity index (χ0) is 22.1. The molecule has 0 bridgehead atoms. The van der Waals surface area contributed by atoms with Crippen LogP contribution >= 0.6 is 22.9 Å². The third-order valence-corrected chi connectivity index (χ3v) is 6.20. The number of Topliss-reactive ketones (excluding diaryl/α,β-unsaturated/α-hetero) is 1. The van der Waals surface area contributed by atoms with Gasteiger partial charge in [-0.3, -0.25) is 14.5 Å². The van der Waals surface area contributed by atoms with Gasteiger partial charge < -0.3 is 14.6 Å². The zero-order valence-corrected chi connectivity index (χ0v) is 18.2. The van der Waals surface area contributed by atoms with Crippen molar-refractivity contribution in [3.63, 3.8) is 0 Å². The summed E-state index contributed by atoms with van der Waals surface area (Å²) in [5, 5.41) is 13.6. The number of amides is 1. The van der Waals surface area contributed by atoms with Gasteiger partial charge in [0, 0.05) is 21.7 Å². The highest BCUT2D eigenvalue weighted by Crippen LogP contribution is 2.44. The summed E-state index contributed by atoms with van der Waals surface area (Å²) in [4.78, 5) is 28.3. The summed E-state index contributed by atoms with van der Waals surface area (Å²) in [6, 6.07) is 14.3. The van der Waals surface area contributed by atoms with E-state index in [1.54, 1.807) is 42.5 Å². The van der Waals surface area contributed by atoms with Crippen molar-refractivity contribution in [1.82, 2.24) is 0 Å². The quantitative estimate of drug-likeness (QED) is 0.331. The van der Waals surface area contributed by atoms with Gasteiger partial charge in [-0.05, 0) is 47.8 Å². The van der Waals surface area contributed by atoms with Crippen LogP contribution in [0.3, 0.4) is 0 Å². The molecule has 1 atom stereocenters. The van der Waals surface area contributed by atoms with Gasteiger partial charge in [-0.15, -0.1) is 11.3 Å². The molecule has 6 nitrogen and oxygen atoms in total. The van der Waals surface area contributed by atoms with E-state index < -0.39 is 17.7 Å². The molecule has 2 aromatic carbocycles. The number of ketones is 1. The lowest BCUT2D eigenvalue weighted by molar-refractivity contribution is -0.132. The maximum atomic E-state index is 13.1. The fourth-order valence-electron chi connectivity index (χ4n) is 3.56. The average Bonchev–Trinajstić information content (AvgIpc) is 3.40. The summed E-state index contributed by atoms with van der Waals surface area (Å²) in [7, 11) is 2.97. The molecular formula is C23H18ClNO5S. The maximum absolute atomic E-state index is 13.1. The molecule has 3 aromatic rings. The van der Waals surface area contributed by atoms with E-state index in [0.717, 1.165) is 4.88 Å². The number of thiophene rings is 1. The van der Waals surface area contributed by atoms with Gasteiger partial charge >= 0.3 is 0 Å². The molecule has 158 valence electrons. The van der Waals surface area contributed by atoms with Crippen molar-refractivity contribution in [2.45, 2.75) is 6.04 Å². The van der Waals surface area contributed by atoms with Gasteiger partial charge in [0.25, 0.3) is 11.7 Å². The standard InChI is InChI=1S/C23H18ClNO5S/c1-29-15-9-10-16(17(12-15)30-2)21(26)19-20(18-4-3-11-31-18)25(23(28)22(19)27)14-7-5-13(24)6-8-14/h3-12,20,26H,1-2H3/b21-19-. The second-order valence-electron chi connectivity index (χ2n) is 6.73. The summed E-state index contributed by atoms with van der Waals surface area (Å²) in [6.07, 6.45) is 0. The van der Waals surface area contributed by atoms with E-state index in [4.69, 9.17) is 21.1 Å². The van der Waals surface area contributed by atoms with Gasteiger partial charge in [0.2, 0.25) is 0 Å². The van der Waals surface area contributed by atoms with Gasteiger partial charge in [0.05, 0.1) is 25.4 Å². The van der Waals surface area contributed by atoms with Crippen molar-refractivity contribution in [3.05, 3.63) is 81.0 Å². The van der Waals surface area contributed by atoms with Crippen molar-refractivity contribution >= 4 is 46.1 Å². The van der Waals surface area contributed by atoms with E-state index >= 15 is 0 Å². The molecular weight excluding hydrogens is 438 g/mol. The van der Waals surface area contributed by atoms with Crippen LogP contribution in [-0.2, 0) is 9.59 Å². The molecule has 0 saturated carbocycles. The minimum absolute atomic E-state index is 0.00846. The predicted molar refractivity (Wildman–Crippen MR) is 120 cm³/mol. The summed E-state index contributed by atoms with van der Waals surface area (Å²) in [6.45, 7) is 0. The van der Waals surface area contributed by atoms with Gasteiger partial charge in [0.1, 0.15) is 23.3 Å². The monoisotopic (exact) mass is 455 g/mol. The Hall–Kier alpha value is -3.29. The Kier molecular flexibility index (Phi) is 5.71. The van der Waals surface area contributed by atoms with E-state index in [9.17, 15) is 14.7 Å². The van der Waals surface area contributed by atoms with Crippen molar-refractivity contribution in [3.8, 4) is 11.5 Å². The second-order valence-corrected chi connectivity index (χ2v) is 8.14. The highest BCUT2D eigenvalue weighted by molar-refractivity contribution is 7.10. The number of anilines is 1. The fourth-order valence-corrected chi connectivity index (χ4v) is 4.51. The Morgan fingerprint density at radius 2 is 1.81 bits per heavy atom. The molecule has 4 rings (SSSR count). The topological polar surface area (TPSA) is 76.1 Å². The molecule has 1 amide bonds.